The van der Waals surface area contributed by atoms with E-state index in [1.165, 1.54) is 17.7 Å². The average Bonchev–Trinajstić information content (AvgIpc) is 3.01. The lowest BCUT2D eigenvalue weighted by molar-refractivity contribution is -0.147. The maximum Gasteiger partial charge on any atom is 0.329 e. The van der Waals surface area contributed by atoms with E-state index >= 15 is 0 Å². The van der Waals surface area contributed by atoms with Crippen LogP contribution in [0.25, 0.3) is 11.0 Å². The molecule has 0 atom stereocenters. The summed E-state index contributed by atoms with van der Waals surface area (Å²) in [7, 11) is 1.47. The number of carbonyl (C=O) groups excluding carboxylic acids is 2. The summed E-state index contributed by atoms with van der Waals surface area (Å²) in [6, 6.07) is 12.2. The Morgan fingerprint density at radius 2 is 1.80 bits per heavy atom. The van der Waals surface area contributed by atoms with E-state index in [9.17, 15) is 14.4 Å². The second-order valence-electron chi connectivity index (χ2n) is 6.47. The highest BCUT2D eigenvalue weighted by molar-refractivity contribution is 6.31. The van der Waals surface area contributed by atoms with Crippen molar-refractivity contribution in [3.8, 4) is 5.75 Å². The van der Waals surface area contributed by atoms with E-state index in [1.54, 1.807) is 16.7 Å². The first kappa shape index (κ1) is 21.4. The minimum absolute atomic E-state index is 0.0363. The van der Waals surface area contributed by atoms with Gasteiger partial charge in [0.25, 0.3) is 5.91 Å². The van der Waals surface area contributed by atoms with Crippen LogP contribution in [-0.2, 0) is 27.4 Å². The van der Waals surface area contributed by atoms with Crippen molar-refractivity contribution in [3.05, 3.63) is 58.0 Å². The van der Waals surface area contributed by atoms with Crippen LogP contribution in [0, 0.1) is 0 Å². The number of methoxy groups -OCH3 is 1. The fourth-order valence-corrected chi connectivity index (χ4v) is 3.35. The summed E-state index contributed by atoms with van der Waals surface area (Å²) >= 11 is 5.93. The molecule has 0 unspecified atom stereocenters. The zero-order chi connectivity index (χ0) is 21.7. The lowest BCUT2D eigenvalue weighted by atomic mass is 10.3. The molecule has 0 saturated heterocycles. The van der Waals surface area contributed by atoms with Crippen molar-refractivity contribution in [1.29, 1.82) is 0 Å². The van der Waals surface area contributed by atoms with Crippen LogP contribution in [0.1, 0.15) is 13.3 Å². The zero-order valence-corrected chi connectivity index (χ0v) is 17.4. The number of rotatable bonds is 8. The molecule has 0 bridgehead atoms. The molecule has 0 aliphatic heterocycles. The number of hydrogen-bond donors (Lipinski definition) is 1. The second-order valence-corrected chi connectivity index (χ2v) is 6.91. The van der Waals surface area contributed by atoms with E-state index in [1.807, 2.05) is 31.2 Å². The Hall–Kier alpha value is -3.26. The van der Waals surface area contributed by atoms with Crippen LogP contribution in [0.15, 0.2) is 47.3 Å². The maximum absolute atomic E-state index is 12.6. The standard InChI is InChI=1S/C21H22ClN3O5/c1-3-24-16-6-4-5-7-17(16)25(21(24)28)11-10-20(27)30-13-19(26)23-15-12-14(22)8-9-18(15)29-2/h4-9,12H,3,10-11,13H2,1-2H3,(H,23,26). The van der Waals surface area contributed by atoms with Gasteiger partial charge < -0.3 is 14.8 Å². The molecule has 1 amide bonds. The third kappa shape index (κ3) is 4.65. The van der Waals surface area contributed by atoms with Crippen molar-refractivity contribution in [2.24, 2.45) is 0 Å². The quantitative estimate of drug-likeness (QED) is 0.553. The molecule has 2 aromatic carbocycles. The molecule has 158 valence electrons. The SMILES string of the molecule is CCn1c(=O)n(CCC(=O)OCC(=O)Nc2cc(Cl)ccc2OC)c2ccccc21. The number of esters is 1. The zero-order valence-electron chi connectivity index (χ0n) is 16.7. The smallest absolute Gasteiger partial charge is 0.329 e. The lowest BCUT2D eigenvalue weighted by Crippen LogP contribution is -2.26. The van der Waals surface area contributed by atoms with Crippen LogP contribution in [0.2, 0.25) is 5.02 Å². The highest BCUT2D eigenvalue weighted by atomic mass is 35.5. The predicted molar refractivity (Wildman–Crippen MR) is 114 cm³/mol. The molecule has 9 heteroatoms. The van der Waals surface area contributed by atoms with Crippen molar-refractivity contribution in [3.63, 3.8) is 0 Å². The van der Waals surface area contributed by atoms with Gasteiger partial charge in [-0.2, -0.15) is 0 Å². The molecule has 0 spiro atoms. The molecular weight excluding hydrogens is 410 g/mol. The Morgan fingerprint density at radius 3 is 2.47 bits per heavy atom. The third-order valence-corrected chi connectivity index (χ3v) is 4.82. The van der Waals surface area contributed by atoms with E-state index in [2.05, 4.69) is 5.32 Å². The summed E-state index contributed by atoms with van der Waals surface area (Å²) in [6.45, 7) is 2.12. The van der Waals surface area contributed by atoms with Crippen molar-refractivity contribution < 1.29 is 19.1 Å². The molecule has 8 nitrogen and oxygen atoms in total. The number of ether oxygens (including phenoxy) is 2. The number of aryl methyl sites for hydroxylation is 2. The molecule has 3 rings (SSSR count). The van der Waals surface area contributed by atoms with Gasteiger partial charge >= 0.3 is 11.7 Å². The molecule has 30 heavy (non-hydrogen) atoms. The van der Waals surface area contributed by atoms with Gasteiger partial charge in [-0.25, -0.2) is 4.79 Å². The molecule has 0 fully saturated rings. The topological polar surface area (TPSA) is 91.6 Å². The van der Waals surface area contributed by atoms with Crippen LogP contribution < -0.4 is 15.7 Å². The molecule has 1 N–H and O–H groups in total. The molecule has 1 aromatic heterocycles. The van der Waals surface area contributed by atoms with Crippen molar-refractivity contribution in [1.82, 2.24) is 9.13 Å². The predicted octanol–water partition coefficient (Wildman–Crippen LogP) is 3.06. The number of nitrogens with one attached hydrogen (secondary N) is 1. The molecule has 0 radical (unpaired) electrons. The number of aromatic nitrogens is 2. The van der Waals surface area contributed by atoms with Gasteiger partial charge in [-0.1, -0.05) is 23.7 Å². The number of fused-ring (bicyclic) bond motifs is 1. The highest BCUT2D eigenvalue weighted by Gasteiger charge is 2.15. The molecular formula is C21H22ClN3O5. The fraction of sp³-hybridized carbons (Fsp3) is 0.286. The Kier molecular flexibility index (Phi) is 6.79. The number of anilines is 1. The van der Waals surface area contributed by atoms with Gasteiger partial charge in [0.1, 0.15) is 5.75 Å². The number of nitrogens with zero attached hydrogens (tertiary/aromatic N) is 2. The number of benzene rings is 2. The number of amides is 1. The maximum atomic E-state index is 12.6. The summed E-state index contributed by atoms with van der Waals surface area (Å²) in [5.41, 5.74) is 1.76. The van der Waals surface area contributed by atoms with Gasteiger partial charge in [0.2, 0.25) is 0 Å². The first-order valence-electron chi connectivity index (χ1n) is 9.41. The molecule has 0 saturated carbocycles. The van der Waals surface area contributed by atoms with E-state index in [0.29, 0.717) is 23.0 Å². The van der Waals surface area contributed by atoms with E-state index in [4.69, 9.17) is 21.1 Å². The van der Waals surface area contributed by atoms with Crippen LogP contribution in [-0.4, -0.2) is 34.7 Å². The first-order chi connectivity index (χ1) is 14.4. The molecule has 0 aliphatic carbocycles. The van der Waals surface area contributed by atoms with E-state index in [0.717, 1.165) is 11.0 Å². The Morgan fingerprint density at radius 1 is 1.10 bits per heavy atom. The number of carbonyl (C=O) groups is 2. The summed E-state index contributed by atoms with van der Waals surface area (Å²) < 4.78 is 13.4. The second kappa shape index (κ2) is 9.49. The summed E-state index contributed by atoms with van der Waals surface area (Å²) in [5.74, 6) is -0.669. The van der Waals surface area contributed by atoms with Crippen molar-refractivity contribution >= 4 is 40.2 Å². The average molecular weight is 432 g/mol. The normalized spacial score (nSPS) is 10.8. The lowest BCUT2D eigenvalue weighted by Gasteiger charge is -2.11. The van der Waals surface area contributed by atoms with Crippen LogP contribution >= 0.6 is 11.6 Å². The monoisotopic (exact) mass is 431 g/mol. The van der Waals surface area contributed by atoms with Gasteiger partial charge in [-0.05, 0) is 37.3 Å². The number of halogens is 1. The van der Waals surface area contributed by atoms with Gasteiger partial charge in [-0.15, -0.1) is 0 Å². The van der Waals surface area contributed by atoms with Crippen molar-refractivity contribution in [2.75, 3.05) is 19.0 Å². The Bertz CT molecular complexity index is 1140. The summed E-state index contributed by atoms with van der Waals surface area (Å²) in [5, 5.41) is 3.02. The molecule has 3 aromatic rings. The van der Waals surface area contributed by atoms with E-state index < -0.39 is 18.5 Å². The minimum Gasteiger partial charge on any atom is -0.495 e. The summed E-state index contributed by atoms with van der Waals surface area (Å²) in [6.07, 6.45) is -0.0363. The number of hydrogen-bond acceptors (Lipinski definition) is 5. The largest absolute Gasteiger partial charge is 0.495 e. The van der Waals surface area contributed by atoms with Gasteiger partial charge in [0.05, 0.1) is 30.3 Å². The number of para-hydroxylation sites is 2. The molecule has 1 heterocycles. The van der Waals surface area contributed by atoms with Gasteiger partial charge in [0, 0.05) is 18.1 Å². The molecule has 0 aliphatic rings. The van der Waals surface area contributed by atoms with Crippen LogP contribution in [0.4, 0.5) is 5.69 Å². The minimum atomic E-state index is -0.580. The Labute approximate surface area is 178 Å². The first-order valence-corrected chi connectivity index (χ1v) is 9.79. The Balaban J connectivity index is 1.58. The third-order valence-electron chi connectivity index (χ3n) is 4.58. The summed E-state index contributed by atoms with van der Waals surface area (Å²) in [4.78, 5) is 36.8. The highest BCUT2D eigenvalue weighted by Crippen LogP contribution is 2.27. The van der Waals surface area contributed by atoms with Gasteiger partial charge in [-0.3, -0.25) is 18.7 Å². The number of imidazole rings is 1. The fourth-order valence-electron chi connectivity index (χ4n) is 3.18. The van der Waals surface area contributed by atoms with Gasteiger partial charge in [0.15, 0.2) is 6.61 Å². The van der Waals surface area contributed by atoms with Crippen LogP contribution in [0.5, 0.6) is 5.75 Å². The van der Waals surface area contributed by atoms with Crippen molar-refractivity contribution in [2.45, 2.75) is 26.4 Å². The van der Waals surface area contributed by atoms with Crippen LogP contribution in [0.3, 0.4) is 0 Å². The van der Waals surface area contributed by atoms with E-state index in [-0.39, 0.29) is 18.7 Å².